The molecule has 0 saturated heterocycles. The molecule has 0 aliphatic rings. The largest absolute Gasteiger partial charge is 0.462 e. The highest BCUT2D eigenvalue weighted by Gasteiger charge is 2.16. The molecular weight excluding hydrogens is 1100 g/mol. The monoisotopic (exact) mass is 1250 g/mol. The summed E-state index contributed by atoms with van der Waals surface area (Å²) in [4.78, 5) is 24.7. The Morgan fingerprint density at radius 1 is 0.267 bits per heavy atom. The van der Waals surface area contributed by atoms with Gasteiger partial charge in [0.1, 0.15) is 6.61 Å². The SMILES string of the molecule is CC/C=C\C/C=C\C/C=C\C/C=C\C/C=C\C/C=C\C/C=C\CCCCCCCCCCCCCCCCCC(=O)OC(CO)COC(=O)CCCCCCCCCCCCCCCCCCCCCCCCCCCCC/C=C\CCCCCCCCCC. The lowest BCUT2D eigenvalue weighted by molar-refractivity contribution is -0.161. The molecule has 0 aromatic carbocycles. The van der Waals surface area contributed by atoms with Crippen molar-refractivity contribution in [3.05, 3.63) is 97.2 Å². The van der Waals surface area contributed by atoms with Crippen LogP contribution in [0.5, 0.6) is 0 Å². The van der Waals surface area contributed by atoms with E-state index < -0.39 is 6.10 Å². The van der Waals surface area contributed by atoms with Crippen LogP contribution in [0.3, 0.4) is 0 Å². The Kier molecular flexibility index (Phi) is 77.2. The summed E-state index contributed by atoms with van der Waals surface area (Å²) in [6.45, 7) is 4.07. The Hall–Kier alpha value is -3.18. The van der Waals surface area contributed by atoms with Crippen molar-refractivity contribution in [3.63, 3.8) is 0 Å². The molecule has 5 nitrogen and oxygen atoms in total. The summed E-state index contributed by atoms with van der Waals surface area (Å²) >= 11 is 0. The molecular formula is C85H152O5. The second kappa shape index (κ2) is 80.1. The number of aliphatic hydroxyl groups excluding tert-OH is 1. The van der Waals surface area contributed by atoms with Gasteiger partial charge < -0.3 is 14.6 Å². The minimum Gasteiger partial charge on any atom is -0.462 e. The third kappa shape index (κ3) is 77.3. The number of rotatable bonds is 74. The normalized spacial score (nSPS) is 12.7. The molecule has 0 radical (unpaired) electrons. The highest BCUT2D eigenvalue weighted by Crippen LogP contribution is 2.19. The smallest absolute Gasteiger partial charge is 0.306 e. The van der Waals surface area contributed by atoms with Crippen LogP contribution < -0.4 is 0 Å². The highest BCUT2D eigenvalue weighted by molar-refractivity contribution is 5.70. The van der Waals surface area contributed by atoms with Crippen molar-refractivity contribution in [3.8, 4) is 0 Å². The van der Waals surface area contributed by atoms with Crippen molar-refractivity contribution in [1.82, 2.24) is 0 Å². The maximum Gasteiger partial charge on any atom is 0.306 e. The maximum absolute atomic E-state index is 12.4. The standard InChI is InChI=1S/C85H152O5/c1-3-5-7-9-11-13-15-17-19-21-23-25-27-29-31-33-35-37-39-41-42-44-45-47-49-51-53-55-57-59-61-63-65-67-69-71-73-75-77-79-84(87)89-82-83(81-86)90-85(88)80-78-76-74-72-70-68-66-64-62-60-58-56-54-52-50-48-46-43-40-38-36-34-32-30-28-26-24-22-20-18-16-14-12-10-8-6-4-2/h6,8,12,14,18,20-21,23-24,26,30,32,36,38,43,46,83,86H,3-5,7,9-11,13,15-17,19,22,25,27-29,31,33-35,37,39-42,44-45,47-82H2,1-2H3/b8-6-,14-12-,20-18-,23-21-,26-24-,32-30-,38-36-,46-43-. The summed E-state index contributed by atoms with van der Waals surface area (Å²) in [5.74, 6) is -0.573. The summed E-state index contributed by atoms with van der Waals surface area (Å²) in [6, 6.07) is 0. The van der Waals surface area contributed by atoms with Gasteiger partial charge in [0.2, 0.25) is 0 Å². The number of aliphatic hydroxyl groups is 1. The summed E-state index contributed by atoms with van der Waals surface area (Å²) in [5, 5.41) is 9.73. The van der Waals surface area contributed by atoms with Gasteiger partial charge in [-0.25, -0.2) is 0 Å². The molecule has 0 aliphatic heterocycles. The van der Waals surface area contributed by atoms with Crippen molar-refractivity contribution < 1.29 is 24.2 Å². The van der Waals surface area contributed by atoms with Crippen molar-refractivity contribution in [2.45, 2.75) is 418 Å². The van der Waals surface area contributed by atoms with Crippen molar-refractivity contribution in [2.75, 3.05) is 13.2 Å². The third-order valence-corrected chi connectivity index (χ3v) is 17.9. The molecule has 0 aliphatic carbocycles. The first-order valence-corrected chi connectivity index (χ1v) is 39.8. The van der Waals surface area contributed by atoms with Gasteiger partial charge in [-0.3, -0.25) is 9.59 Å². The van der Waals surface area contributed by atoms with E-state index >= 15 is 0 Å². The van der Waals surface area contributed by atoms with Gasteiger partial charge in [-0.05, 0) is 96.3 Å². The Labute approximate surface area is 561 Å². The van der Waals surface area contributed by atoms with E-state index in [0.29, 0.717) is 12.8 Å². The van der Waals surface area contributed by atoms with Gasteiger partial charge in [0.15, 0.2) is 6.10 Å². The number of hydrogen-bond acceptors (Lipinski definition) is 5. The fourth-order valence-corrected chi connectivity index (χ4v) is 11.9. The number of ether oxygens (including phenoxy) is 2. The van der Waals surface area contributed by atoms with Gasteiger partial charge >= 0.3 is 11.9 Å². The number of carbonyl (C=O) groups excluding carboxylic acids is 2. The van der Waals surface area contributed by atoms with E-state index in [1.165, 1.54) is 302 Å². The molecule has 5 heteroatoms. The molecule has 1 N–H and O–H groups in total. The Balaban J connectivity index is 3.41. The van der Waals surface area contributed by atoms with Crippen LogP contribution in [-0.2, 0) is 19.1 Å². The number of carbonyl (C=O) groups is 2. The van der Waals surface area contributed by atoms with Crippen LogP contribution in [0.4, 0.5) is 0 Å². The Bertz CT molecular complexity index is 1660. The number of allylic oxidation sites excluding steroid dienone is 16. The van der Waals surface area contributed by atoms with Crippen LogP contribution in [0.15, 0.2) is 97.2 Å². The quantitative estimate of drug-likeness (QED) is 0.0373. The fourth-order valence-electron chi connectivity index (χ4n) is 11.9. The van der Waals surface area contributed by atoms with Crippen molar-refractivity contribution in [1.29, 1.82) is 0 Å². The zero-order valence-electron chi connectivity index (χ0n) is 60.1. The fraction of sp³-hybridized carbons (Fsp3) is 0.788. The molecule has 90 heavy (non-hydrogen) atoms. The molecule has 0 heterocycles. The second-order valence-electron chi connectivity index (χ2n) is 26.8. The average molecular weight is 1250 g/mol. The van der Waals surface area contributed by atoms with Crippen molar-refractivity contribution in [2.24, 2.45) is 0 Å². The van der Waals surface area contributed by atoms with Gasteiger partial charge in [0.25, 0.3) is 0 Å². The van der Waals surface area contributed by atoms with Gasteiger partial charge in [-0.2, -0.15) is 0 Å². The maximum atomic E-state index is 12.4. The molecule has 0 spiro atoms. The number of hydrogen-bond donors (Lipinski definition) is 1. The summed E-state index contributed by atoms with van der Waals surface area (Å²) in [7, 11) is 0. The minimum absolute atomic E-state index is 0.0638. The predicted octanol–water partition coefficient (Wildman–Crippen LogP) is 28.1. The first-order chi connectivity index (χ1) is 44.6. The second-order valence-corrected chi connectivity index (χ2v) is 26.8. The molecule has 0 aromatic rings. The van der Waals surface area contributed by atoms with E-state index in [4.69, 9.17) is 9.47 Å². The van der Waals surface area contributed by atoms with E-state index in [2.05, 4.69) is 111 Å². The Morgan fingerprint density at radius 3 is 0.733 bits per heavy atom. The van der Waals surface area contributed by atoms with Gasteiger partial charge in [0.05, 0.1) is 6.61 Å². The highest BCUT2D eigenvalue weighted by atomic mass is 16.6. The first kappa shape index (κ1) is 86.8. The van der Waals surface area contributed by atoms with E-state index in [1.807, 2.05) is 0 Å². The average Bonchev–Trinajstić information content (AvgIpc) is 3.62. The molecule has 0 rings (SSSR count). The third-order valence-electron chi connectivity index (χ3n) is 17.9. The molecule has 522 valence electrons. The molecule has 0 aromatic heterocycles. The first-order valence-electron chi connectivity index (χ1n) is 39.8. The van der Waals surface area contributed by atoms with Crippen LogP contribution >= 0.6 is 0 Å². The predicted molar refractivity (Wildman–Crippen MR) is 399 cm³/mol. The zero-order valence-corrected chi connectivity index (χ0v) is 60.1. The van der Waals surface area contributed by atoms with Gasteiger partial charge in [0, 0.05) is 12.8 Å². The topological polar surface area (TPSA) is 72.8 Å². The molecule has 1 atom stereocenters. The van der Waals surface area contributed by atoms with Crippen LogP contribution in [0.25, 0.3) is 0 Å². The lowest BCUT2D eigenvalue weighted by atomic mass is 10.0. The molecule has 0 amide bonds. The zero-order chi connectivity index (χ0) is 64.7. The van der Waals surface area contributed by atoms with Gasteiger partial charge in [-0.15, -0.1) is 0 Å². The molecule has 0 fully saturated rings. The van der Waals surface area contributed by atoms with Crippen LogP contribution in [0.2, 0.25) is 0 Å². The van der Waals surface area contributed by atoms with Crippen LogP contribution in [0, 0.1) is 0 Å². The van der Waals surface area contributed by atoms with E-state index in [-0.39, 0.29) is 25.2 Å². The van der Waals surface area contributed by atoms with Crippen LogP contribution in [0.1, 0.15) is 412 Å². The van der Waals surface area contributed by atoms with E-state index in [1.54, 1.807) is 0 Å². The molecule has 1 unspecified atom stereocenters. The summed E-state index contributed by atoms with van der Waals surface area (Å²) in [5.41, 5.74) is 0. The van der Waals surface area contributed by atoms with E-state index in [9.17, 15) is 14.7 Å². The lowest BCUT2D eigenvalue weighted by Gasteiger charge is -2.15. The van der Waals surface area contributed by atoms with E-state index in [0.717, 1.165) is 83.5 Å². The number of esters is 2. The summed E-state index contributed by atoms with van der Waals surface area (Å²) in [6.07, 6.45) is 115. The summed E-state index contributed by atoms with van der Waals surface area (Å²) < 4.78 is 10.8. The Morgan fingerprint density at radius 2 is 0.478 bits per heavy atom. The molecule has 0 bridgehead atoms. The minimum atomic E-state index is -0.776. The molecule has 0 saturated carbocycles. The lowest BCUT2D eigenvalue weighted by Crippen LogP contribution is -2.28. The van der Waals surface area contributed by atoms with Crippen LogP contribution in [-0.4, -0.2) is 36.4 Å². The van der Waals surface area contributed by atoms with Gasteiger partial charge in [-0.1, -0.05) is 400 Å². The van der Waals surface area contributed by atoms with Crippen molar-refractivity contribution >= 4 is 11.9 Å². The number of unbranched alkanes of at least 4 members (excludes halogenated alkanes) is 50.